The summed E-state index contributed by atoms with van der Waals surface area (Å²) >= 11 is 0. The number of guanidine groups is 1. The van der Waals surface area contributed by atoms with E-state index < -0.39 is 0 Å². The van der Waals surface area contributed by atoms with Crippen molar-refractivity contribution in [1.82, 2.24) is 25.4 Å². The normalized spacial score (nSPS) is 16.1. The van der Waals surface area contributed by atoms with E-state index in [9.17, 15) is 0 Å². The van der Waals surface area contributed by atoms with Gasteiger partial charge in [-0.05, 0) is 25.5 Å². The summed E-state index contributed by atoms with van der Waals surface area (Å²) in [7, 11) is 5.85. The summed E-state index contributed by atoms with van der Waals surface area (Å²) in [6, 6.07) is 10.4. The second kappa shape index (κ2) is 11.8. The Balaban J connectivity index is 1.56. The summed E-state index contributed by atoms with van der Waals surface area (Å²) < 4.78 is 13.3. The lowest BCUT2D eigenvalue weighted by Crippen LogP contribution is -2.51. The number of nitrogens with zero attached hydrogens (tertiary/aromatic N) is 5. The molecule has 32 heavy (non-hydrogen) atoms. The van der Waals surface area contributed by atoms with Crippen LogP contribution in [0.2, 0.25) is 0 Å². The number of anilines is 1. The molecule has 176 valence electrons. The van der Waals surface area contributed by atoms with Crippen molar-refractivity contribution in [2.75, 3.05) is 51.9 Å². The molecule has 0 bridgehead atoms. The van der Waals surface area contributed by atoms with Gasteiger partial charge >= 0.3 is 0 Å². The summed E-state index contributed by atoms with van der Waals surface area (Å²) in [5, 5.41) is 15.3. The molecule has 2 aromatic rings. The Hall–Kier alpha value is -2.65. The fourth-order valence-electron chi connectivity index (χ4n) is 3.69. The first-order chi connectivity index (χ1) is 15.5. The van der Waals surface area contributed by atoms with Gasteiger partial charge in [0.25, 0.3) is 0 Å². The van der Waals surface area contributed by atoms with Crippen molar-refractivity contribution in [1.29, 1.82) is 0 Å². The maximum absolute atomic E-state index is 5.86. The molecule has 9 heteroatoms. The van der Waals surface area contributed by atoms with Gasteiger partial charge in [-0.15, -0.1) is 10.2 Å². The topological polar surface area (TPSA) is 88.8 Å². The van der Waals surface area contributed by atoms with E-state index in [1.165, 1.54) is 5.69 Å². The molecule has 1 aromatic heterocycles. The highest BCUT2D eigenvalue weighted by atomic mass is 16.5. The van der Waals surface area contributed by atoms with Crippen molar-refractivity contribution in [3.63, 3.8) is 0 Å². The molecular formula is C23H37N7O2. The number of aryl methyl sites for hydroxylation is 1. The van der Waals surface area contributed by atoms with Gasteiger partial charge in [-0.25, -0.2) is 4.99 Å². The Morgan fingerprint density at radius 1 is 1.22 bits per heavy atom. The minimum atomic E-state index is -0.227. The monoisotopic (exact) mass is 443 g/mol. The lowest BCUT2D eigenvalue weighted by atomic mass is 9.94. The van der Waals surface area contributed by atoms with Crippen LogP contribution < -0.4 is 15.5 Å². The van der Waals surface area contributed by atoms with E-state index in [2.05, 4.69) is 57.0 Å². The molecule has 9 nitrogen and oxygen atoms in total. The van der Waals surface area contributed by atoms with Gasteiger partial charge in [0.15, 0.2) is 11.8 Å². The molecule has 1 fully saturated rings. The molecule has 1 aliphatic heterocycles. The molecule has 1 aromatic carbocycles. The average Bonchev–Trinajstić information content (AvgIpc) is 3.16. The summed E-state index contributed by atoms with van der Waals surface area (Å²) in [6.45, 7) is 6.28. The van der Waals surface area contributed by atoms with E-state index in [1.807, 2.05) is 24.6 Å². The number of aromatic nitrogens is 3. The van der Waals surface area contributed by atoms with Gasteiger partial charge in [-0.1, -0.05) is 18.2 Å². The van der Waals surface area contributed by atoms with Crippen LogP contribution in [0, 0.1) is 6.92 Å². The second-order valence-corrected chi connectivity index (χ2v) is 8.28. The molecule has 0 saturated carbocycles. The van der Waals surface area contributed by atoms with E-state index in [0.29, 0.717) is 13.1 Å². The van der Waals surface area contributed by atoms with Crippen LogP contribution in [0.25, 0.3) is 0 Å². The number of methoxy groups -OCH3 is 1. The lowest BCUT2D eigenvalue weighted by Gasteiger charge is -2.36. The van der Waals surface area contributed by atoms with E-state index in [4.69, 9.17) is 14.5 Å². The van der Waals surface area contributed by atoms with Crippen LogP contribution in [0.1, 0.15) is 30.9 Å². The van der Waals surface area contributed by atoms with Crippen LogP contribution in [0.5, 0.6) is 0 Å². The molecule has 0 amide bonds. The molecule has 1 aliphatic rings. The standard InChI is InChI=1S/C23H37N7O2/c1-19-27-28-21(30(19)3)17-25-22(26-18-23(31-4)11-15-32-16-12-23)24-13-8-14-29(2)20-9-6-5-7-10-20/h5-7,9-10H,8,11-18H2,1-4H3,(H2,24,25,26). The Morgan fingerprint density at radius 2 is 1.97 bits per heavy atom. The molecule has 3 rings (SSSR count). The highest BCUT2D eigenvalue weighted by molar-refractivity contribution is 5.79. The van der Waals surface area contributed by atoms with Crippen LogP contribution in [0.15, 0.2) is 35.3 Å². The van der Waals surface area contributed by atoms with Crippen molar-refractivity contribution < 1.29 is 9.47 Å². The van der Waals surface area contributed by atoms with Gasteiger partial charge in [0.05, 0.1) is 5.60 Å². The van der Waals surface area contributed by atoms with Crippen LogP contribution >= 0.6 is 0 Å². The Morgan fingerprint density at radius 3 is 2.62 bits per heavy atom. The summed E-state index contributed by atoms with van der Waals surface area (Å²) in [6.07, 6.45) is 2.72. The first kappa shape index (κ1) is 24.0. The number of para-hydroxylation sites is 1. The lowest BCUT2D eigenvalue weighted by molar-refractivity contribution is -0.0855. The number of nitrogens with one attached hydrogen (secondary N) is 2. The molecule has 1 saturated heterocycles. The molecule has 0 radical (unpaired) electrons. The Bertz CT molecular complexity index is 847. The minimum absolute atomic E-state index is 0.227. The van der Waals surface area contributed by atoms with E-state index in [-0.39, 0.29) is 5.60 Å². The summed E-state index contributed by atoms with van der Waals surface area (Å²) in [4.78, 5) is 7.02. The average molecular weight is 444 g/mol. The van der Waals surface area contributed by atoms with Crippen LogP contribution in [0.4, 0.5) is 5.69 Å². The quantitative estimate of drug-likeness (QED) is 0.329. The second-order valence-electron chi connectivity index (χ2n) is 8.28. The fraction of sp³-hybridized carbons (Fsp3) is 0.609. The van der Waals surface area contributed by atoms with Gasteiger partial charge < -0.3 is 29.6 Å². The number of hydrogen-bond donors (Lipinski definition) is 2. The maximum atomic E-state index is 5.86. The van der Waals surface area contributed by atoms with Crippen LogP contribution in [-0.4, -0.2) is 73.3 Å². The van der Waals surface area contributed by atoms with Crippen molar-refractivity contribution in [3.05, 3.63) is 42.0 Å². The van der Waals surface area contributed by atoms with Gasteiger partial charge in [0, 0.05) is 72.6 Å². The van der Waals surface area contributed by atoms with Crippen LogP contribution in [0.3, 0.4) is 0 Å². The first-order valence-corrected chi connectivity index (χ1v) is 11.3. The Kier molecular flexibility index (Phi) is 8.87. The SMILES string of the molecule is COC1(CNC(=NCc2nnc(C)n2C)NCCCN(C)c2ccccc2)CCOCC1. The molecule has 2 heterocycles. The molecule has 0 unspecified atom stereocenters. The minimum Gasteiger partial charge on any atom is -0.381 e. The van der Waals surface area contributed by atoms with Gasteiger partial charge in [-0.3, -0.25) is 0 Å². The molecule has 0 spiro atoms. The number of benzene rings is 1. The van der Waals surface area contributed by atoms with Gasteiger partial charge in [0.2, 0.25) is 0 Å². The fourth-order valence-corrected chi connectivity index (χ4v) is 3.69. The number of rotatable bonds is 10. The summed E-state index contributed by atoms with van der Waals surface area (Å²) in [5.41, 5.74) is 0.994. The first-order valence-electron chi connectivity index (χ1n) is 11.3. The number of ether oxygens (including phenoxy) is 2. The smallest absolute Gasteiger partial charge is 0.191 e. The third kappa shape index (κ3) is 6.67. The Labute approximate surface area is 191 Å². The van der Waals surface area contributed by atoms with E-state index >= 15 is 0 Å². The molecular weight excluding hydrogens is 406 g/mol. The van der Waals surface area contributed by atoms with E-state index in [0.717, 1.165) is 63.2 Å². The predicted molar refractivity (Wildman–Crippen MR) is 127 cm³/mol. The number of aliphatic imine (C=N–C) groups is 1. The zero-order chi connectivity index (χ0) is 22.8. The predicted octanol–water partition coefficient (Wildman–Crippen LogP) is 1.88. The zero-order valence-electron chi connectivity index (χ0n) is 19.8. The molecule has 0 atom stereocenters. The largest absolute Gasteiger partial charge is 0.381 e. The van der Waals surface area contributed by atoms with Crippen molar-refractivity contribution in [2.45, 2.75) is 38.3 Å². The third-order valence-corrected chi connectivity index (χ3v) is 6.14. The highest BCUT2D eigenvalue weighted by Gasteiger charge is 2.32. The maximum Gasteiger partial charge on any atom is 0.191 e. The van der Waals surface area contributed by atoms with E-state index in [1.54, 1.807) is 7.11 Å². The molecule has 2 N–H and O–H groups in total. The van der Waals surface area contributed by atoms with Crippen molar-refractivity contribution in [3.8, 4) is 0 Å². The van der Waals surface area contributed by atoms with Gasteiger partial charge in [-0.2, -0.15) is 0 Å². The third-order valence-electron chi connectivity index (χ3n) is 6.14. The number of hydrogen-bond acceptors (Lipinski definition) is 6. The van der Waals surface area contributed by atoms with Gasteiger partial charge in [0.1, 0.15) is 12.4 Å². The van der Waals surface area contributed by atoms with Crippen molar-refractivity contribution in [2.24, 2.45) is 12.0 Å². The summed E-state index contributed by atoms with van der Waals surface area (Å²) in [5.74, 6) is 2.47. The van der Waals surface area contributed by atoms with Crippen molar-refractivity contribution >= 4 is 11.6 Å². The molecule has 0 aliphatic carbocycles. The van der Waals surface area contributed by atoms with Crippen LogP contribution in [-0.2, 0) is 23.1 Å². The highest BCUT2D eigenvalue weighted by Crippen LogP contribution is 2.23. The zero-order valence-corrected chi connectivity index (χ0v) is 19.8.